The van der Waals surface area contributed by atoms with E-state index in [2.05, 4.69) is 4.99 Å². The van der Waals surface area contributed by atoms with Crippen molar-refractivity contribution < 1.29 is 23.7 Å². The minimum Gasteiger partial charge on any atom is -0.490 e. The molecule has 43 heavy (non-hydrogen) atoms. The molecule has 1 aliphatic rings. The second kappa shape index (κ2) is 13.6. The van der Waals surface area contributed by atoms with E-state index in [-0.39, 0.29) is 12.2 Å². The van der Waals surface area contributed by atoms with Crippen LogP contribution in [0.2, 0.25) is 0 Å². The Balaban J connectivity index is 1.54. The molecule has 8 nitrogen and oxygen atoms in total. The smallest absolute Gasteiger partial charge is 0.338 e. The fourth-order valence-electron chi connectivity index (χ4n) is 4.90. The van der Waals surface area contributed by atoms with Gasteiger partial charge in [-0.3, -0.25) is 9.36 Å². The van der Waals surface area contributed by atoms with E-state index in [0.29, 0.717) is 57.5 Å². The summed E-state index contributed by atoms with van der Waals surface area (Å²) in [7, 11) is 0. The maximum absolute atomic E-state index is 14.0. The van der Waals surface area contributed by atoms with Crippen LogP contribution in [-0.2, 0) is 16.1 Å². The molecule has 222 valence electrons. The second-order valence-corrected chi connectivity index (χ2v) is 10.7. The normalized spacial score (nSPS) is 14.6. The molecule has 2 heterocycles. The number of hydrogen-bond acceptors (Lipinski definition) is 8. The Kier molecular flexibility index (Phi) is 9.41. The summed E-state index contributed by atoms with van der Waals surface area (Å²) in [5, 5.41) is 0. The molecule has 3 aromatic carbocycles. The lowest BCUT2D eigenvalue weighted by Crippen LogP contribution is -2.40. The third-order valence-corrected chi connectivity index (χ3v) is 7.81. The zero-order valence-electron chi connectivity index (χ0n) is 24.7. The van der Waals surface area contributed by atoms with Crippen molar-refractivity contribution >= 4 is 23.4 Å². The number of hydrogen-bond donors (Lipinski definition) is 0. The first-order chi connectivity index (χ1) is 20.9. The fraction of sp³-hybridized carbons (Fsp3) is 0.265. The van der Waals surface area contributed by atoms with Crippen molar-refractivity contribution in [2.45, 2.75) is 40.3 Å². The third kappa shape index (κ3) is 6.57. The number of nitrogens with zero attached hydrogens (tertiary/aromatic N) is 2. The minimum absolute atomic E-state index is 0.200. The lowest BCUT2D eigenvalue weighted by Gasteiger charge is -2.25. The van der Waals surface area contributed by atoms with Gasteiger partial charge in [0.25, 0.3) is 5.56 Å². The van der Waals surface area contributed by atoms with E-state index in [1.54, 1.807) is 24.5 Å². The SMILES string of the molecule is CCOC(=O)C1=C(C)N=c2s/c(=C\c3ccc(OCc4ccccc4)cc3)c(=O)n2[C@@H]1c1ccc(OCC)c(OCC)c1. The average molecular weight is 599 g/mol. The highest BCUT2D eigenvalue weighted by molar-refractivity contribution is 7.07. The van der Waals surface area contributed by atoms with Crippen molar-refractivity contribution in [1.29, 1.82) is 0 Å². The van der Waals surface area contributed by atoms with Gasteiger partial charge >= 0.3 is 5.97 Å². The monoisotopic (exact) mass is 598 g/mol. The maximum Gasteiger partial charge on any atom is 0.338 e. The Morgan fingerprint density at radius 1 is 0.907 bits per heavy atom. The van der Waals surface area contributed by atoms with E-state index < -0.39 is 12.0 Å². The van der Waals surface area contributed by atoms with E-state index in [1.807, 2.05) is 86.7 Å². The lowest BCUT2D eigenvalue weighted by atomic mass is 9.95. The highest BCUT2D eigenvalue weighted by Gasteiger charge is 2.34. The van der Waals surface area contributed by atoms with Crippen LogP contribution in [0.1, 0.15) is 50.4 Å². The lowest BCUT2D eigenvalue weighted by molar-refractivity contribution is -0.139. The van der Waals surface area contributed by atoms with Crippen LogP contribution in [0.3, 0.4) is 0 Å². The molecule has 0 radical (unpaired) electrons. The standard InChI is InChI=1S/C34H34N2O6S/c1-5-39-27-18-15-25(20-28(27)40-6-2)31-30(33(38)41-7-3)22(4)35-34-36(31)32(37)29(43-34)19-23-13-16-26(17-14-23)42-21-24-11-9-8-10-12-24/h8-20,31H,5-7,21H2,1-4H3/b29-19-/t31-/m1/s1. The number of ether oxygens (including phenoxy) is 4. The van der Waals surface area contributed by atoms with Gasteiger partial charge in [-0.25, -0.2) is 9.79 Å². The third-order valence-electron chi connectivity index (χ3n) is 6.83. The molecule has 0 aliphatic carbocycles. The van der Waals surface area contributed by atoms with E-state index >= 15 is 0 Å². The summed E-state index contributed by atoms with van der Waals surface area (Å²) < 4.78 is 25.0. The van der Waals surface area contributed by atoms with Crippen molar-refractivity contribution in [3.8, 4) is 17.2 Å². The van der Waals surface area contributed by atoms with Crippen molar-refractivity contribution in [2.75, 3.05) is 19.8 Å². The second-order valence-electron chi connectivity index (χ2n) is 9.72. The number of allylic oxidation sites excluding steroid dienone is 1. The van der Waals surface area contributed by atoms with Gasteiger partial charge in [-0.1, -0.05) is 59.9 Å². The highest BCUT2D eigenvalue weighted by atomic mass is 32.1. The predicted octanol–water partition coefficient (Wildman–Crippen LogP) is 5.17. The van der Waals surface area contributed by atoms with Gasteiger partial charge in [0.2, 0.25) is 0 Å². The Bertz CT molecular complexity index is 1810. The molecule has 0 fully saturated rings. The van der Waals surface area contributed by atoms with Gasteiger partial charge in [-0.2, -0.15) is 0 Å². The molecule has 0 amide bonds. The fourth-order valence-corrected chi connectivity index (χ4v) is 5.94. The molecule has 9 heteroatoms. The van der Waals surface area contributed by atoms with Crippen LogP contribution in [0.25, 0.3) is 6.08 Å². The number of carbonyl (C=O) groups is 1. The van der Waals surface area contributed by atoms with Crippen LogP contribution in [0, 0.1) is 0 Å². The molecular weight excluding hydrogens is 564 g/mol. The van der Waals surface area contributed by atoms with Crippen LogP contribution >= 0.6 is 11.3 Å². The number of benzene rings is 3. The molecule has 5 rings (SSSR count). The first-order valence-corrected chi connectivity index (χ1v) is 15.1. The van der Waals surface area contributed by atoms with E-state index in [4.69, 9.17) is 18.9 Å². The van der Waals surface area contributed by atoms with Gasteiger partial charge in [0.15, 0.2) is 16.3 Å². The molecule has 0 saturated carbocycles. The maximum atomic E-state index is 14.0. The molecule has 0 spiro atoms. The van der Waals surface area contributed by atoms with Gasteiger partial charge in [-0.05, 0) is 74.7 Å². The molecule has 4 aromatic rings. The number of esters is 1. The molecule has 0 saturated heterocycles. The van der Waals surface area contributed by atoms with Crippen molar-refractivity contribution in [3.63, 3.8) is 0 Å². The van der Waals surface area contributed by atoms with Crippen LogP contribution in [-0.4, -0.2) is 30.4 Å². The van der Waals surface area contributed by atoms with Gasteiger partial charge in [0.05, 0.1) is 41.7 Å². The first-order valence-electron chi connectivity index (χ1n) is 14.3. The number of thiazole rings is 1. The van der Waals surface area contributed by atoms with E-state index in [1.165, 1.54) is 11.3 Å². The van der Waals surface area contributed by atoms with Crippen molar-refractivity contribution in [1.82, 2.24) is 4.57 Å². The zero-order valence-corrected chi connectivity index (χ0v) is 25.5. The average Bonchev–Trinajstić information content (AvgIpc) is 3.31. The van der Waals surface area contributed by atoms with Crippen LogP contribution in [0.15, 0.2) is 93.9 Å². The summed E-state index contributed by atoms with van der Waals surface area (Å²) in [5.41, 5.74) is 3.18. The minimum atomic E-state index is -0.749. The molecule has 1 aliphatic heterocycles. The summed E-state index contributed by atoms with van der Waals surface area (Å²) in [6, 6.07) is 22.3. The van der Waals surface area contributed by atoms with Crippen molar-refractivity contribution in [3.05, 3.63) is 120 Å². The van der Waals surface area contributed by atoms with Gasteiger partial charge in [0.1, 0.15) is 12.4 Å². The zero-order chi connectivity index (χ0) is 30.3. The van der Waals surface area contributed by atoms with Crippen LogP contribution in [0.5, 0.6) is 17.2 Å². The molecule has 0 N–H and O–H groups in total. The summed E-state index contributed by atoms with van der Waals surface area (Å²) >= 11 is 1.28. The Labute approximate surface area is 254 Å². The molecule has 1 atom stereocenters. The Morgan fingerprint density at radius 3 is 2.33 bits per heavy atom. The van der Waals surface area contributed by atoms with Crippen molar-refractivity contribution in [2.24, 2.45) is 4.99 Å². The summed E-state index contributed by atoms with van der Waals surface area (Å²) in [6.07, 6.45) is 1.83. The van der Waals surface area contributed by atoms with E-state index in [9.17, 15) is 9.59 Å². The first kappa shape index (κ1) is 29.8. The topological polar surface area (TPSA) is 88.4 Å². The van der Waals surface area contributed by atoms with Gasteiger partial charge < -0.3 is 18.9 Å². The largest absolute Gasteiger partial charge is 0.490 e. The van der Waals surface area contributed by atoms with Gasteiger partial charge in [-0.15, -0.1) is 0 Å². The highest BCUT2D eigenvalue weighted by Crippen LogP contribution is 2.36. The predicted molar refractivity (Wildman–Crippen MR) is 166 cm³/mol. The van der Waals surface area contributed by atoms with E-state index in [0.717, 1.165) is 16.9 Å². The van der Waals surface area contributed by atoms with Gasteiger partial charge in [0, 0.05) is 0 Å². The number of aromatic nitrogens is 1. The number of fused-ring (bicyclic) bond motifs is 1. The molecular formula is C34H34N2O6S. The Hall–Kier alpha value is -4.63. The summed E-state index contributed by atoms with van der Waals surface area (Å²) in [4.78, 5) is 32.4. The Morgan fingerprint density at radius 2 is 1.63 bits per heavy atom. The molecule has 1 aromatic heterocycles. The van der Waals surface area contributed by atoms with Crippen LogP contribution in [0.4, 0.5) is 0 Å². The van der Waals surface area contributed by atoms with Crippen LogP contribution < -0.4 is 29.1 Å². The summed E-state index contributed by atoms with van der Waals surface area (Å²) in [6.45, 7) is 8.88. The molecule has 0 bridgehead atoms. The molecule has 0 unspecified atom stereocenters. The number of rotatable bonds is 11. The quantitative estimate of drug-likeness (QED) is 0.221. The number of carbonyl (C=O) groups excluding carboxylic acids is 1. The summed E-state index contributed by atoms with van der Waals surface area (Å²) in [5.74, 6) is 1.35.